The van der Waals surface area contributed by atoms with Crippen LogP contribution in [0.1, 0.15) is 29.6 Å². The monoisotopic (exact) mass is 291 g/mol. The fourth-order valence-corrected chi connectivity index (χ4v) is 2.70. The molecule has 0 spiro atoms. The van der Waals surface area contributed by atoms with Crippen molar-refractivity contribution in [3.63, 3.8) is 0 Å². The smallest absolute Gasteiger partial charge is 0.256 e. The highest BCUT2D eigenvalue weighted by atomic mass is 79.9. The Balaban J connectivity index is 2.01. The molecule has 82 valence electrons. The van der Waals surface area contributed by atoms with Gasteiger partial charge in [0.25, 0.3) is 5.91 Å². The topological polar surface area (TPSA) is 42.2 Å². The third-order valence-electron chi connectivity index (χ3n) is 2.61. The van der Waals surface area contributed by atoms with Crippen molar-refractivity contribution in [1.82, 2.24) is 5.32 Å². The van der Waals surface area contributed by atoms with Gasteiger partial charge in [0.1, 0.15) is 0 Å². The summed E-state index contributed by atoms with van der Waals surface area (Å²) in [6.45, 7) is 0. The zero-order valence-corrected chi connectivity index (χ0v) is 10.3. The van der Waals surface area contributed by atoms with Gasteiger partial charge >= 0.3 is 0 Å². The quantitative estimate of drug-likeness (QED) is 0.852. The number of hydrogen-bond acceptors (Lipinski definition) is 2. The molecule has 1 N–H and O–H groups in total. The molecular weight excluding hydrogens is 281 g/mol. The number of alkyl halides is 1. The molecule has 1 aromatic heterocycles. The molecule has 0 radical (unpaired) electrons. The highest BCUT2D eigenvalue weighted by molar-refractivity contribution is 9.09. The standard InChI is InChI=1S/C10H11BrClNO2/c11-7-2-1-3-8(7)13-10(14)6-4-5-15-9(6)12/h4-5,7-8H,1-3H2,(H,13,14). The van der Waals surface area contributed by atoms with Gasteiger partial charge in [0.15, 0.2) is 0 Å². The fourth-order valence-electron chi connectivity index (χ4n) is 1.78. The number of carbonyl (C=O) groups excluding carboxylic acids is 1. The highest BCUT2D eigenvalue weighted by Gasteiger charge is 2.27. The van der Waals surface area contributed by atoms with E-state index < -0.39 is 0 Å². The summed E-state index contributed by atoms with van der Waals surface area (Å²) in [6, 6.07) is 1.78. The number of carbonyl (C=O) groups is 1. The van der Waals surface area contributed by atoms with E-state index in [2.05, 4.69) is 21.2 Å². The van der Waals surface area contributed by atoms with Crippen LogP contribution >= 0.6 is 27.5 Å². The Morgan fingerprint density at radius 2 is 2.40 bits per heavy atom. The maximum absolute atomic E-state index is 11.8. The first-order valence-corrected chi connectivity index (χ1v) is 6.16. The van der Waals surface area contributed by atoms with Gasteiger partial charge in [-0.25, -0.2) is 0 Å². The molecule has 1 fully saturated rings. The van der Waals surface area contributed by atoms with Crippen LogP contribution in [-0.4, -0.2) is 16.8 Å². The van der Waals surface area contributed by atoms with Crippen LogP contribution in [0.5, 0.6) is 0 Å². The van der Waals surface area contributed by atoms with E-state index in [4.69, 9.17) is 16.0 Å². The van der Waals surface area contributed by atoms with Crippen molar-refractivity contribution in [2.45, 2.75) is 30.1 Å². The van der Waals surface area contributed by atoms with Crippen LogP contribution < -0.4 is 5.32 Å². The van der Waals surface area contributed by atoms with E-state index in [1.54, 1.807) is 6.07 Å². The summed E-state index contributed by atoms with van der Waals surface area (Å²) in [5.41, 5.74) is 0.406. The van der Waals surface area contributed by atoms with Crippen molar-refractivity contribution in [3.05, 3.63) is 23.1 Å². The second kappa shape index (κ2) is 4.58. The van der Waals surface area contributed by atoms with Crippen LogP contribution in [0.15, 0.2) is 16.7 Å². The van der Waals surface area contributed by atoms with Crippen LogP contribution in [0.2, 0.25) is 5.22 Å². The average molecular weight is 293 g/mol. The Labute approximate surface area is 101 Å². The molecule has 1 aliphatic carbocycles. The van der Waals surface area contributed by atoms with Gasteiger partial charge in [0, 0.05) is 10.9 Å². The largest absolute Gasteiger partial charge is 0.452 e. The molecular formula is C10H11BrClNO2. The lowest BCUT2D eigenvalue weighted by Crippen LogP contribution is -2.37. The second-order valence-electron chi connectivity index (χ2n) is 3.63. The Morgan fingerprint density at radius 3 is 2.93 bits per heavy atom. The Hall–Kier alpha value is -0.480. The molecule has 5 heteroatoms. The van der Waals surface area contributed by atoms with Crippen LogP contribution in [-0.2, 0) is 0 Å². The number of furan rings is 1. The van der Waals surface area contributed by atoms with E-state index in [1.807, 2.05) is 0 Å². The van der Waals surface area contributed by atoms with Gasteiger partial charge in [0.2, 0.25) is 5.22 Å². The van der Waals surface area contributed by atoms with E-state index in [9.17, 15) is 4.79 Å². The number of rotatable bonds is 2. The molecule has 0 aromatic carbocycles. The normalized spacial score (nSPS) is 25.5. The van der Waals surface area contributed by atoms with E-state index >= 15 is 0 Å². The summed E-state index contributed by atoms with van der Waals surface area (Å²) >= 11 is 9.26. The Kier molecular flexibility index (Phi) is 3.36. The van der Waals surface area contributed by atoms with Crippen molar-refractivity contribution < 1.29 is 9.21 Å². The minimum absolute atomic E-state index is 0.150. The highest BCUT2D eigenvalue weighted by Crippen LogP contribution is 2.26. The summed E-state index contributed by atoms with van der Waals surface area (Å²) in [5, 5.41) is 3.09. The van der Waals surface area contributed by atoms with Crippen molar-refractivity contribution in [2.24, 2.45) is 0 Å². The van der Waals surface area contributed by atoms with E-state index in [0.717, 1.165) is 19.3 Å². The van der Waals surface area contributed by atoms with Gasteiger partial charge in [-0.2, -0.15) is 0 Å². The zero-order valence-electron chi connectivity index (χ0n) is 8.00. The Bertz CT molecular complexity index is 366. The van der Waals surface area contributed by atoms with Gasteiger partial charge in [0.05, 0.1) is 11.8 Å². The minimum Gasteiger partial charge on any atom is -0.452 e. The van der Waals surface area contributed by atoms with Gasteiger partial charge in [-0.3, -0.25) is 4.79 Å². The minimum atomic E-state index is -0.162. The number of hydrogen-bond donors (Lipinski definition) is 1. The van der Waals surface area contributed by atoms with Crippen molar-refractivity contribution in [3.8, 4) is 0 Å². The zero-order chi connectivity index (χ0) is 10.8. The third kappa shape index (κ3) is 2.37. The van der Waals surface area contributed by atoms with Crippen LogP contribution in [0.4, 0.5) is 0 Å². The van der Waals surface area contributed by atoms with Gasteiger partial charge in [-0.15, -0.1) is 0 Å². The number of amides is 1. The van der Waals surface area contributed by atoms with Crippen molar-refractivity contribution in [1.29, 1.82) is 0 Å². The summed E-state index contributed by atoms with van der Waals surface area (Å²) in [5.74, 6) is -0.162. The van der Waals surface area contributed by atoms with Crippen LogP contribution in [0.25, 0.3) is 0 Å². The van der Waals surface area contributed by atoms with Gasteiger partial charge < -0.3 is 9.73 Å². The van der Waals surface area contributed by atoms with Crippen molar-refractivity contribution in [2.75, 3.05) is 0 Å². The molecule has 1 heterocycles. The summed E-state index contributed by atoms with van der Waals surface area (Å²) in [7, 11) is 0. The molecule has 1 saturated carbocycles. The fraction of sp³-hybridized carbons (Fsp3) is 0.500. The molecule has 0 bridgehead atoms. The maximum Gasteiger partial charge on any atom is 0.256 e. The van der Waals surface area contributed by atoms with Crippen LogP contribution in [0.3, 0.4) is 0 Å². The molecule has 1 aromatic rings. The molecule has 2 unspecified atom stereocenters. The van der Waals surface area contributed by atoms with E-state index in [0.29, 0.717) is 10.4 Å². The Morgan fingerprint density at radius 1 is 1.60 bits per heavy atom. The molecule has 2 atom stereocenters. The molecule has 1 aliphatic rings. The maximum atomic E-state index is 11.8. The summed E-state index contributed by atoms with van der Waals surface area (Å²) in [4.78, 5) is 12.1. The van der Waals surface area contributed by atoms with Gasteiger partial charge in [-0.05, 0) is 30.5 Å². The molecule has 1 amide bonds. The molecule has 0 aliphatic heterocycles. The van der Waals surface area contributed by atoms with Gasteiger partial charge in [-0.1, -0.05) is 22.4 Å². The predicted octanol–water partition coefficient (Wildman–Crippen LogP) is 2.98. The second-order valence-corrected chi connectivity index (χ2v) is 5.15. The molecule has 15 heavy (non-hydrogen) atoms. The van der Waals surface area contributed by atoms with E-state index in [1.165, 1.54) is 6.26 Å². The predicted molar refractivity (Wildman–Crippen MR) is 61.5 cm³/mol. The lowest BCUT2D eigenvalue weighted by atomic mass is 10.2. The SMILES string of the molecule is O=C(NC1CCCC1Br)c1ccoc1Cl. The lowest BCUT2D eigenvalue weighted by molar-refractivity contribution is 0.0938. The first kappa shape index (κ1) is 11.0. The van der Waals surface area contributed by atoms with Crippen LogP contribution in [0, 0.1) is 0 Å². The van der Waals surface area contributed by atoms with E-state index in [-0.39, 0.29) is 17.2 Å². The molecule has 0 saturated heterocycles. The molecule has 2 rings (SSSR count). The third-order valence-corrected chi connectivity index (χ3v) is 4.00. The summed E-state index contributed by atoms with van der Waals surface area (Å²) in [6.07, 6.45) is 4.67. The first-order chi connectivity index (χ1) is 7.18. The molecule has 3 nitrogen and oxygen atoms in total. The summed E-state index contributed by atoms with van der Waals surface area (Å²) < 4.78 is 4.87. The number of nitrogens with one attached hydrogen (secondary N) is 1. The number of halogens is 2. The first-order valence-electron chi connectivity index (χ1n) is 4.86. The lowest BCUT2D eigenvalue weighted by Gasteiger charge is -2.15. The average Bonchev–Trinajstić information content (AvgIpc) is 2.76. The van der Waals surface area contributed by atoms with Crippen molar-refractivity contribution >= 4 is 33.4 Å².